The number of halogens is 1. The van der Waals surface area contributed by atoms with E-state index in [4.69, 9.17) is 9.47 Å². The van der Waals surface area contributed by atoms with E-state index in [-0.39, 0.29) is 23.9 Å². The summed E-state index contributed by atoms with van der Waals surface area (Å²) in [6, 6.07) is 10.9. The minimum absolute atomic E-state index is 0.0787. The molecule has 172 valence electrons. The minimum atomic E-state index is -0.335. The Bertz CT molecular complexity index is 1240. The van der Waals surface area contributed by atoms with Gasteiger partial charge >= 0.3 is 11.7 Å². The van der Waals surface area contributed by atoms with Gasteiger partial charge in [-0.15, -0.1) is 0 Å². The van der Waals surface area contributed by atoms with Crippen LogP contribution in [0, 0.1) is 0 Å². The maximum atomic E-state index is 13.4. The van der Waals surface area contributed by atoms with Crippen LogP contribution in [0.5, 0.6) is 0 Å². The number of imidazole rings is 1. The van der Waals surface area contributed by atoms with Crippen molar-refractivity contribution in [3.63, 3.8) is 0 Å². The number of carbonyl (C=O) groups excluding carboxylic acids is 1. The van der Waals surface area contributed by atoms with Crippen molar-refractivity contribution >= 4 is 38.8 Å². The SMILES string of the molecule is O=C(OC1CCC(Cn2c(=O)n(C3=CCCCC3)c3ncc(Br)cc32)OC1)c1ccccc1. The summed E-state index contributed by atoms with van der Waals surface area (Å²) >= 11 is 3.49. The highest BCUT2D eigenvalue weighted by atomic mass is 79.9. The summed E-state index contributed by atoms with van der Waals surface area (Å²) in [4.78, 5) is 30.3. The van der Waals surface area contributed by atoms with Crippen LogP contribution in [-0.4, -0.2) is 38.9 Å². The molecule has 3 heterocycles. The van der Waals surface area contributed by atoms with Crippen molar-refractivity contribution in [1.29, 1.82) is 0 Å². The Balaban J connectivity index is 1.31. The molecular weight excluding hydrogens is 486 g/mol. The standard InChI is InChI=1S/C25H26BrN3O4/c26-18-13-22-23(27-14-18)29(19-9-5-2-6-10-19)25(31)28(22)15-20-11-12-21(16-32-20)33-24(30)17-7-3-1-4-8-17/h1,3-4,7-9,13-14,20-21H,2,5-6,10-12,15-16H2. The van der Waals surface area contributed by atoms with Gasteiger partial charge in [-0.1, -0.05) is 24.3 Å². The first kappa shape index (κ1) is 22.1. The van der Waals surface area contributed by atoms with E-state index in [0.717, 1.165) is 41.4 Å². The highest BCUT2D eigenvalue weighted by Crippen LogP contribution is 2.26. The van der Waals surface area contributed by atoms with E-state index in [1.807, 2.05) is 24.3 Å². The zero-order chi connectivity index (χ0) is 22.8. The number of ether oxygens (including phenoxy) is 2. The third kappa shape index (κ3) is 4.68. The first-order valence-corrected chi connectivity index (χ1v) is 12.2. The number of rotatable bonds is 5. The summed E-state index contributed by atoms with van der Waals surface area (Å²) in [6.45, 7) is 0.761. The number of aromatic nitrogens is 3. The average molecular weight is 512 g/mol. The number of nitrogens with zero attached hydrogens (tertiary/aromatic N) is 3. The number of esters is 1. The lowest BCUT2D eigenvalue weighted by Gasteiger charge is -2.29. The summed E-state index contributed by atoms with van der Waals surface area (Å²) in [5.41, 5.74) is 2.96. The van der Waals surface area contributed by atoms with Crippen molar-refractivity contribution in [3.05, 3.63) is 69.2 Å². The van der Waals surface area contributed by atoms with Gasteiger partial charge in [0.2, 0.25) is 0 Å². The van der Waals surface area contributed by atoms with Gasteiger partial charge in [-0.2, -0.15) is 0 Å². The number of carbonyl (C=O) groups is 1. The van der Waals surface area contributed by atoms with Gasteiger partial charge < -0.3 is 9.47 Å². The fraction of sp³-hybridized carbons (Fsp3) is 0.400. The largest absolute Gasteiger partial charge is 0.456 e. The monoisotopic (exact) mass is 511 g/mol. The molecule has 8 heteroatoms. The van der Waals surface area contributed by atoms with Crippen LogP contribution < -0.4 is 5.69 Å². The lowest BCUT2D eigenvalue weighted by molar-refractivity contribution is -0.0710. The topological polar surface area (TPSA) is 75.4 Å². The van der Waals surface area contributed by atoms with Gasteiger partial charge in [0.25, 0.3) is 0 Å². The molecule has 2 atom stereocenters. The molecule has 1 fully saturated rings. The molecule has 0 bridgehead atoms. The maximum Gasteiger partial charge on any atom is 0.338 e. The van der Waals surface area contributed by atoms with Crippen LogP contribution in [0.2, 0.25) is 0 Å². The second kappa shape index (κ2) is 9.65. The molecular formula is C25H26BrN3O4. The van der Waals surface area contributed by atoms with E-state index in [0.29, 0.717) is 37.2 Å². The molecule has 3 aromatic rings. The Morgan fingerprint density at radius 3 is 2.79 bits per heavy atom. The fourth-order valence-electron chi connectivity index (χ4n) is 4.58. The number of hydrogen-bond donors (Lipinski definition) is 0. The van der Waals surface area contributed by atoms with Gasteiger partial charge in [0.05, 0.1) is 30.3 Å². The van der Waals surface area contributed by atoms with Gasteiger partial charge in [-0.05, 0) is 72.7 Å². The predicted molar refractivity (Wildman–Crippen MR) is 129 cm³/mol. The van der Waals surface area contributed by atoms with E-state index in [1.165, 1.54) is 0 Å². The first-order valence-electron chi connectivity index (χ1n) is 11.4. The molecule has 0 saturated carbocycles. The number of hydrogen-bond acceptors (Lipinski definition) is 5. The number of allylic oxidation sites excluding steroid dienone is 2. The lowest BCUT2D eigenvalue weighted by atomic mass is 10.0. The van der Waals surface area contributed by atoms with Crippen LogP contribution in [0.3, 0.4) is 0 Å². The molecule has 1 aromatic carbocycles. The van der Waals surface area contributed by atoms with Crippen LogP contribution in [0.25, 0.3) is 16.9 Å². The molecule has 0 radical (unpaired) electrons. The zero-order valence-corrected chi connectivity index (χ0v) is 19.9. The molecule has 5 rings (SSSR count). The van der Waals surface area contributed by atoms with Gasteiger partial charge in [0, 0.05) is 16.4 Å². The van der Waals surface area contributed by atoms with Crippen molar-refractivity contribution in [2.45, 2.75) is 57.3 Å². The minimum Gasteiger partial charge on any atom is -0.456 e. The summed E-state index contributed by atoms with van der Waals surface area (Å²) in [5.74, 6) is -0.335. The van der Waals surface area contributed by atoms with Crippen LogP contribution in [0.4, 0.5) is 0 Å². The van der Waals surface area contributed by atoms with Crippen molar-refractivity contribution < 1.29 is 14.3 Å². The number of fused-ring (bicyclic) bond motifs is 1. The van der Waals surface area contributed by atoms with Crippen LogP contribution in [-0.2, 0) is 16.0 Å². The summed E-state index contributed by atoms with van der Waals surface area (Å²) in [7, 11) is 0. The second-order valence-electron chi connectivity index (χ2n) is 8.59. The average Bonchev–Trinajstić information content (AvgIpc) is 3.12. The van der Waals surface area contributed by atoms with Gasteiger partial charge in [-0.25, -0.2) is 19.1 Å². The molecule has 2 unspecified atom stereocenters. The Kier molecular flexibility index (Phi) is 6.46. The van der Waals surface area contributed by atoms with Crippen molar-refractivity contribution in [1.82, 2.24) is 14.1 Å². The molecule has 1 aliphatic heterocycles. The van der Waals surface area contributed by atoms with E-state index in [9.17, 15) is 9.59 Å². The van der Waals surface area contributed by atoms with Crippen molar-refractivity contribution in [2.75, 3.05) is 6.61 Å². The number of pyridine rings is 1. The molecule has 33 heavy (non-hydrogen) atoms. The van der Waals surface area contributed by atoms with E-state index in [2.05, 4.69) is 27.0 Å². The molecule has 1 saturated heterocycles. The summed E-state index contributed by atoms with van der Waals surface area (Å²) in [5, 5.41) is 0. The molecule has 0 amide bonds. The van der Waals surface area contributed by atoms with Crippen LogP contribution in [0.15, 0.2) is 57.9 Å². The van der Waals surface area contributed by atoms with Crippen LogP contribution in [0.1, 0.15) is 48.9 Å². The fourth-order valence-corrected chi connectivity index (χ4v) is 4.90. The number of benzene rings is 1. The summed E-state index contributed by atoms with van der Waals surface area (Å²) in [6.07, 6.45) is 8.97. The van der Waals surface area contributed by atoms with Gasteiger partial charge in [0.15, 0.2) is 5.65 Å². The molecule has 1 aliphatic carbocycles. The third-order valence-electron chi connectivity index (χ3n) is 6.29. The van der Waals surface area contributed by atoms with Crippen molar-refractivity contribution in [2.24, 2.45) is 0 Å². The molecule has 2 aliphatic rings. The normalized spacial score (nSPS) is 21.1. The molecule has 7 nitrogen and oxygen atoms in total. The van der Waals surface area contributed by atoms with E-state index in [1.54, 1.807) is 27.5 Å². The Morgan fingerprint density at radius 2 is 2.06 bits per heavy atom. The summed E-state index contributed by atoms with van der Waals surface area (Å²) < 4.78 is 16.0. The Hall–Kier alpha value is -2.71. The molecule has 0 N–H and O–H groups in total. The quantitative estimate of drug-likeness (QED) is 0.460. The lowest BCUT2D eigenvalue weighted by Crippen LogP contribution is -2.37. The van der Waals surface area contributed by atoms with E-state index >= 15 is 0 Å². The zero-order valence-electron chi connectivity index (χ0n) is 18.3. The predicted octanol–water partition coefficient (Wildman–Crippen LogP) is 4.78. The third-order valence-corrected chi connectivity index (χ3v) is 6.72. The van der Waals surface area contributed by atoms with Crippen LogP contribution >= 0.6 is 15.9 Å². The Morgan fingerprint density at radius 1 is 1.21 bits per heavy atom. The van der Waals surface area contributed by atoms with E-state index < -0.39 is 0 Å². The first-order chi connectivity index (χ1) is 16.1. The maximum absolute atomic E-state index is 13.4. The van der Waals surface area contributed by atoms with Crippen molar-refractivity contribution in [3.8, 4) is 0 Å². The Labute approximate surface area is 200 Å². The molecule has 0 spiro atoms. The highest BCUT2D eigenvalue weighted by Gasteiger charge is 2.27. The second-order valence-corrected chi connectivity index (χ2v) is 9.51. The smallest absolute Gasteiger partial charge is 0.338 e. The van der Waals surface area contributed by atoms with Gasteiger partial charge in [0.1, 0.15) is 6.10 Å². The molecule has 2 aromatic heterocycles. The highest BCUT2D eigenvalue weighted by molar-refractivity contribution is 9.10. The van der Waals surface area contributed by atoms with Gasteiger partial charge in [-0.3, -0.25) is 4.57 Å².